The highest BCUT2D eigenvalue weighted by molar-refractivity contribution is 5.95. The highest BCUT2D eigenvalue weighted by Gasteiger charge is 2.13. The second-order valence-corrected chi connectivity index (χ2v) is 3.70. The highest BCUT2D eigenvalue weighted by Crippen LogP contribution is 2.25. The maximum atomic E-state index is 11.0. The third-order valence-corrected chi connectivity index (χ3v) is 2.73. The summed E-state index contributed by atoms with van der Waals surface area (Å²) < 4.78 is 0. The minimum absolute atomic E-state index is 0.182. The van der Waals surface area contributed by atoms with Gasteiger partial charge in [0.25, 0.3) is 0 Å². The molecule has 0 heterocycles. The molecule has 0 atom stereocenters. The molecule has 0 bridgehead atoms. The van der Waals surface area contributed by atoms with Crippen LogP contribution in [0.4, 0.5) is 11.4 Å². The smallest absolute Gasteiger partial charge is 0.337 e. The zero-order valence-electron chi connectivity index (χ0n) is 9.95. The standard InChI is InChI=1S/C12H18N2O2/c1-4-14(5-2)9-6-8(3)11(13)10(7-9)12(15)16/h6-7H,4-5,13H2,1-3H3,(H,15,16). The van der Waals surface area contributed by atoms with Gasteiger partial charge in [0, 0.05) is 24.5 Å². The van der Waals surface area contributed by atoms with Crippen molar-refractivity contribution in [2.24, 2.45) is 0 Å². The molecule has 1 aromatic rings. The number of anilines is 2. The van der Waals surface area contributed by atoms with E-state index in [0.717, 1.165) is 24.3 Å². The lowest BCUT2D eigenvalue weighted by atomic mass is 10.1. The number of hydrogen-bond donors (Lipinski definition) is 2. The number of carbonyl (C=O) groups is 1. The highest BCUT2D eigenvalue weighted by atomic mass is 16.4. The van der Waals surface area contributed by atoms with Crippen LogP contribution in [0.1, 0.15) is 29.8 Å². The summed E-state index contributed by atoms with van der Waals surface area (Å²) in [4.78, 5) is 13.1. The van der Waals surface area contributed by atoms with Gasteiger partial charge in [-0.2, -0.15) is 0 Å². The summed E-state index contributed by atoms with van der Waals surface area (Å²) in [5.74, 6) is -0.977. The zero-order chi connectivity index (χ0) is 12.3. The van der Waals surface area contributed by atoms with Crippen LogP contribution < -0.4 is 10.6 Å². The van der Waals surface area contributed by atoms with E-state index in [4.69, 9.17) is 10.8 Å². The average molecular weight is 222 g/mol. The number of hydrogen-bond acceptors (Lipinski definition) is 3. The van der Waals surface area contributed by atoms with Crippen molar-refractivity contribution in [3.8, 4) is 0 Å². The van der Waals surface area contributed by atoms with Gasteiger partial charge in [-0.3, -0.25) is 0 Å². The Kier molecular flexibility index (Phi) is 3.77. The third-order valence-electron chi connectivity index (χ3n) is 2.73. The predicted octanol–water partition coefficient (Wildman–Crippen LogP) is 2.12. The fourth-order valence-corrected chi connectivity index (χ4v) is 1.73. The quantitative estimate of drug-likeness (QED) is 0.766. The van der Waals surface area contributed by atoms with Gasteiger partial charge in [0.1, 0.15) is 0 Å². The first kappa shape index (κ1) is 12.4. The molecule has 1 aromatic carbocycles. The Morgan fingerprint density at radius 2 is 1.94 bits per heavy atom. The average Bonchev–Trinajstić information content (AvgIpc) is 2.24. The Bertz CT molecular complexity index is 398. The molecular weight excluding hydrogens is 204 g/mol. The molecule has 1 rings (SSSR count). The van der Waals surface area contributed by atoms with E-state index >= 15 is 0 Å². The minimum atomic E-state index is -0.977. The Labute approximate surface area is 95.7 Å². The lowest BCUT2D eigenvalue weighted by Gasteiger charge is -2.22. The fraction of sp³-hybridized carbons (Fsp3) is 0.417. The SMILES string of the molecule is CCN(CC)c1cc(C)c(N)c(C(=O)O)c1. The summed E-state index contributed by atoms with van der Waals surface area (Å²) in [7, 11) is 0. The second kappa shape index (κ2) is 4.88. The van der Waals surface area contributed by atoms with Crippen LogP contribution in [-0.2, 0) is 0 Å². The monoisotopic (exact) mass is 222 g/mol. The minimum Gasteiger partial charge on any atom is -0.478 e. The van der Waals surface area contributed by atoms with Crippen LogP contribution >= 0.6 is 0 Å². The van der Waals surface area contributed by atoms with E-state index in [2.05, 4.69) is 4.90 Å². The van der Waals surface area contributed by atoms with Gasteiger partial charge >= 0.3 is 5.97 Å². The number of carboxylic acids is 1. The van der Waals surface area contributed by atoms with Gasteiger partial charge in [-0.15, -0.1) is 0 Å². The van der Waals surface area contributed by atoms with Gasteiger partial charge in [-0.25, -0.2) is 4.79 Å². The molecule has 0 aliphatic carbocycles. The van der Waals surface area contributed by atoms with Crippen molar-refractivity contribution in [3.05, 3.63) is 23.3 Å². The van der Waals surface area contributed by atoms with E-state index in [1.54, 1.807) is 6.07 Å². The number of nitrogens with zero attached hydrogens (tertiary/aromatic N) is 1. The van der Waals surface area contributed by atoms with Crippen molar-refractivity contribution in [2.75, 3.05) is 23.7 Å². The van der Waals surface area contributed by atoms with Gasteiger partial charge in [-0.1, -0.05) is 0 Å². The summed E-state index contributed by atoms with van der Waals surface area (Å²) in [5, 5.41) is 9.04. The molecule has 88 valence electrons. The largest absolute Gasteiger partial charge is 0.478 e. The third kappa shape index (κ3) is 2.27. The molecule has 4 nitrogen and oxygen atoms in total. The number of nitrogens with two attached hydrogens (primary N) is 1. The van der Waals surface area contributed by atoms with Crippen molar-refractivity contribution >= 4 is 17.3 Å². The summed E-state index contributed by atoms with van der Waals surface area (Å²) in [6.45, 7) is 7.60. The molecule has 0 aliphatic heterocycles. The molecule has 0 fully saturated rings. The molecule has 0 spiro atoms. The summed E-state index contributed by atoms with van der Waals surface area (Å²) in [5.41, 5.74) is 7.99. The molecule has 4 heteroatoms. The number of carboxylic acid groups (broad SMARTS) is 1. The first-order chi connectivity index (χ1) is 7.51. The number of benzene rings is 1. The Hall–Kier alpha value is -1.71. The van der Waals surface area contributed by atoms with Crippen molar-refractivity contribution < 1.29 is 9.90 Å². The first-order valence-electron chi connectivity index (χ1n) is 5.39. The lowest BCUT2D eigenvalue weighted by molar-refractivity contribution is 0.0698. The van der Waals surface area contributed by atoms with Gasteiger partial charge < -0.3 is 15.7 Å². The van der Waals surface area contributed by atoms with Crippen LogP contribution in [-0.4, -0.2) is 24.2 Å². The Balaban J connectivity index is 3.28. The molecule has 0 saturated carbocycles. The molecule has 0 aromatic heterocycles. The summed E-state index contributed by atoms with van der Waals surface area (Å²) >= 11 is 0. The molecule has 0 saturated heterocycles. The molecule has 0 aliphatic rings. The van der Waals surface area contributed by atoms with E-state index < -0.39 is 5.97 Å². The van der Waals surface area contributed by atoms with E-state index in [-0.39, 0.29) is 5.56 Å². The Morgan fingerprint density at radius 1 is 1.38 bits per heavy atom. The van der Waals surface area contributed by atoms with Crippen LogP contribution in [0.5, 0.6) is 0 Å². The van der Waals surface area contributed by atoms with Gasteiger partial charge in [0.2, 0.25) is 0 Å². The summed E-state index contributed by atoms with van der Waals surface area (Å²) in [6, 6.07) is 3.56. The fourth-order valence-electron chi connectivity index (χ4n) is 1.73. The maximum absolute atomic E-state index is 11.0. The predicted molar refractivity (Wildman–Crippen MR) is 66.1 cm³/mol. The maximum Gasteiger partial charge on any atom is 0.337 e. The van der Waals surface area contributed by atoms with Crippen molar-refractivity contribution in [1.29, 1.82) is 0 Å². The zero-order valence-corrected chi connectivity index (χ0v) is 9.95. The second-order valence-electron chi connectivity index (χ2n) is 3.70. The van der Waals surface area contributed by atoms with Gasteiger partial charge in [0.15, 0.2) is 0 Å². The van der Waals surface area contributed by atoms with E-state index in [0.29, 0.717) is 5.69 Å². The molecule has 0 radical (unpaired) electrons. The van der Waals surface area contributed by atoms with Gasteiger partial charge in [0.05, 0.1) is 5.56 Å². The number of aryl methyl sites for hydroxylation is 1. The van der Waals surface area contributed by atoms with Crippen molar-refractivity contribution in [3.63, 3.8) is 0 Å². The van der Waals surface area contributed by atoms with Crippen LogP contribution in [0.15, 0.2) is 12.1 Å². The van der Waals surface area contributed by atoms with Crippen LogP contribution in [0.2, 0.25) is 0 Å². The van der Waals surface area contributed by atoms with Crippen LogP contribution in [0, 0.1) is 6.92 Å². The van der Waals surface area contributed by atoms with E-state index in [9.17, 15) is 4.79 Å². The van der Waals surface area contributed by atoms with E-state index in [1.807, 2.05) is 26.8 Å². The molecule has 16 heavy (non-hydrogen) atoms. The van der Waals surface area contributed by atoms with Crippen LogP contribution in [0.3, 0.4) is 0 Å². The summed E-state index contributed by atoms with van der Waals surface area (Å²) in [6.07, 6.45) is 0. The molecular formula is C12H18N2O2. The Morgan fingerprint density at radius 3 is 2.38 bits per heavy atom. The molecule has 0 amide bonds. The topological polar surface area (TPSA) is 66.6 Å². The van der Waals surface area contributed by atoms with E-state index in [1.165, 1.54) is 0 Å². The normalized spacial score (nSPS) is 10.2. The number of nitrogen functional groups attached to an aromatic ring is 1. The van der Waals surface area contributed by atoms with Gasteiger partial charge in [-0.05, 0) is 38.5 Å². The molecule has 0 unspecified atom stereocenters. The van der Waals surface area contributed by atoms with Crippen LogP contribution in [0.25, 0.3) is 0 Å². The lowest BCUT2D eigenvalue weighted by Crippen LogP contribution is -2.22. The number of aromatic carboxylic acids is 1. The number of rotatable bonds is 4. The molecule has 3 N–H and O–H groups in total. The van der Waals surface area contributed by atoms with Crippen molar-refractivity contribution in [2.45, 2.75) is 20.8 Å². The van der Waals surface area contributed by atoms with Crippen molar-refractivity contribution in [1.82, 2.24) is 0 Å². The first-order valence-corrected chi connectivity index (χ1v) is 5.39.